The van der Waals surface area contributed by atoms with E-state index in [1.54, 1.807) is 12.1 Å². The van der Waals surface area contributed by atoms with Crippen molar-refractivity contribution in [1.82, 2.24) is 4.98 Å². The number of aromatic nitrogens is 1. The van der Waals surface area contributed by atoms with Crippen LogP contribution in [-0.4, -0.2) is 16.7 Å². The average Bonchev–Trinajstić information content (AvgIpc) is 3.05. The lowest BCUT2D eigenvalue weighted by Gasteiger charge is -1.97. The Balaban J connectivity index is 1.85. The number of hydrogen-bond donors (Lipinski definition) is 1. The fourth-order valence-corrected chi connectivity index (χ4v) is 3.68. The van der Waals surface area contributed by atoms with Crippen LogP contribution in [0, 0.1) is 6.92 Å². The Bertz CT molecular complexity index is 848. The molecule has 0 saturated carbocycles. The molecular formula is C15H12N2O2S2. The molecule has 0 bridgehead atoms. The number of anilines is 1. The number of carbonyl (C=O) groups excluding carboxylic acids is 2. The minimum Gasteiger partial charge on any atom is -0.297 e. The summed E-state index contributed by atoms with van der Waals surface area (Å²) in [4.78, 5) is 29.0. The first kappa shape index (κ1) is 13.9. The van der Waals surface area contributed by atoms with E-state index in [0.717, 1.165) is 15.8 Å². The van der Waals surface area contributed by atoms with Crippen molar-refractivity contribution in [2.24, 2.45) is 0 Å². The highest BCUT2D eigenvalue weighted by Gasteiger charge is 2.14. The first-order chi connectivity index (χ1) is 10.0. The summed E-state index contributed by atoms with van der Waals surface area (Å²) in [5.41, 5.74) is 1.99. The lowest BCUT2D eigenvalue weighted by atomic mass is 10.2. The third kappa shape index (κ3) is 2.72. The number of carbonyl (C=O) groups is 2. The normalized spacial score (nSPS) is 10.8. The summed E-state index contributed by atoms with van der Waals surface area (Å²) < 4.78 is 1.04. The standard InChI is InChI=1S/C15H12N2O2S2/c1-8-4-3-5-11-13(8)16-15(21-11)17-14(19)12-7-6-10(20-12)9(2)18/h3-7H,1-2H3,(H,16,17,19). The maximum absolute atomic E-state index is 12.2. The summed E-state index contributed by atoms with van der Waals surface area (Å²) in [6.07, 6.45) is 0. The molecule has 0 aliphatic carbocycles. The molecule has 1 amide bonds. The summed E-state index contributed by atoms with van der Waals surface area (Å²) in [5, 5.41) is 3.37. The maximum atomic E-state index is 12.2. The fourth-order valence-electron chi connectivity index (χ4n) is 1.95. The molecule has 6 heteroatoms. The summed E-state index contributed by atoms with van der Waals surface area (Å²) >= 11 is 2.64. The molecule has 0 spiro atoms. The number of amides is 1. The smallest absolute Gasteiger partial charge is 0.267 e. The van der Waals surface area contributed by atoms with Gasteiger partial charge in [0.25, 0.3) is 5.91 Å². The second-order valence-electron chi connectivity index (χ2n) is 4.61. The molecule has 0 radical (unpaired) electrons. The van der Waals surface area contributed by atoms with Crippen LogP contribution in [0.3, 0.4) is 0 Å². The van der Waals surface area contributed by atoms with Crippen molar-refractivity contribution in [2.45, 2.75) is 13.8 Å². The number of Topliss-reactive ketones (excluding diaryl/α,β-unsaturated/α-hetero) is 1. The van der Waals surface area contributed by atoms with Crippen LogP contribution in [0.2, 0.25) is 0 Å². The molecule has 0 fully saturated rings. The first-order valence-corrected chi connectivity index (χ1v) is 7.96. The van der Waals surface area contributed by atoms with Crippen LogP contribution in [0.4, 0.5) is 5.13 Å². The van der Waals surface area contributed by atoms with Crippen molar-refractivity contribution in [1.29, 1.82) is 0 Å². The molecule has 0 atom stereocenters. The van der Waals surface area contributed by atoms with E-state index in [1.165, 1.54) is 29.6 Å². The van der Waals surface area contributed by atoms with Gasteiger partial charge >= 0.3 is 0 Å². The lowest BCUT2D eigenvalue weighted by Crippen LogP contribution is -2.09. The van der Waals surface area contributed by atoms with E-state index in [1.807, 2.05) is 25.1 Å². The number of rotatable bonds is 3. The van der Waals surface area contributed by atoms with Crippen LogP contribution < -0.4 is 5.32 Å². The molecule has 0 unspecified atom stereocenters. The van der Waals surface area contributed by atoms with Crippen molar-refractivity contribution in [3.8, 4) is 0 Å². The molecule has 3 aromatic rings. The van der Waals surface area contributed by atoms with Crippen LogP contribution in [0.1, 0.15) is 31.8 Å². The highest BCUT2D eigenvalue weighted by Crippen LogP contribution is 2.28. The summed E-state index contributed by atoms with van der Waals surface area (Å²) in [5.74, 6) is -0.265. The largest absolute Gasteiger partial charge is 0.297 e. The van der Waals surface area contributed by atoms with Crippen molar-refractivity contribution in [2.75, 3.05) is 5.32 Å². The highest BCUT2D eigenvalue weighted by atomic mass is 32.1. The van der Waals surface area contributed by atoms with E-state index in [4.69, 9.17) is 0 Å². The molecule has 106 valence electrons. The Morgan fingerprint density at radius 1 is 1.10 bits per heavy atom. The number of thiophene rings is 1. The monoisotopic (exact) mass is 316 g/mol. The van der Waals surface area contributed by atoms with Gasteiger partial charge in [0.1, 0.15) is 0 Å². The van der Waals surface area contributed by atoms with E-state index in [2.05, 4.69) is 10.3 Å². The molecule has 0 aliphatic heterocycles. The van der Waals surface area contributed by atoms with Gasteiger partial charge in [-0.1, -0.05) is 23.5 Å². The second kappa shape index (κ2) is 5.38. The summed E-state index contributed by atoms with van der Waals surface area (Å²) in [6.45, 7) is 3.48. The van der Waals surface area contributed by atoms with E-state index in [0.29, 0.717) is 14.9 Å². The SMILES string of the molecule is CC(=O)c1ccc(C(=O)Nc2nc3c(C)cccc3s2)s1. The molecule has 1 N–H and O–H groups in total. The van der Waals surface area contributed by atoms with Gasteiger partial charge in [0, 0.05) is 0 Å². The highest BCUT2D eigenvalue weighted by molar-refractivity contribution is 7.22. The third-order valence-electron chi connectivity index (χ3n) is 3.02. The van der Waals surface area contributed by atoms with Gasteiger partial charge in [0.2, 0.25) is 0 Å². The predicted octanol–water partition coefficient (Wildman–Crippen LogP) is 4.12. The van der Waals surface area contributed by atoms with Gasteiger partial charge < -0.3 is 0 Å². The zero-order valence-corrected chi connectivity index (χ0v) is 13.1. The molecule has 0 saturated heterocycles. The summed E-state index contributed by atoms with van der Waals surface area (Å²) in [7, 11) is 0. The van der Waals surface area contributed by atoms with Crippen LogP contribution in [0.15, 0.2) is 30.3 Å². The molecule has 1 aromatic carbocycles. The van der Waals surface area contributed by atoms with Crippen molar-refractivity contribution < 1.29 is 9.59 Å². The van der Waals surface area contributed by atoms with Crippen LogP contribution in [0.5, 0.6) is 0 Å². The molecular weight excluding hydrogens is 304 g/mol. The van der Waals surface area contributed by atoms with E-state index >= 15 is 0 Å². The van der Waals surface area contributed by atoms with E-state index in [9.17, 15) is 9.59 Å². The number of benzene rings is 1. The van der Waals surface area contributed by atoms with Gasteiger partial charge in [-0.15, -0.1) is 11.3 Å². The Hall–Kier alpha value is -2.05. The Morgan fingerprint density at radius 2 is 1.86 bits per heavy atom. The molecule has 3 rings (SSSR count). The van der Waals surface area contributed by atoms with E-state index in [-0.39, 0.29) is 11.7 Å². The summed E-state index contributed by atoms with van der Waals surface area (Å²) in [6, 6.07) is 9.28. The number of fused-ring (bicyclic) bond motifs is 1. The average molecular weight is 316 g/mol. The molecule has 4 nitrogen and oxygen atoms in total. The minimum absolute atomic E-state index is 0.0327. The maximum Gasteiger partial charge on any atom is 0.267 e. The number of para-hydroxylation sites is 1. The zero-order chi connectivity index (χ0) is 15.0. The number of aryl methyl sites for hydroxylation is 1. The van der Waals surface area contributed by atoms with Crippen LogP contribution >= 0.6 is 22.7 Å². The van der Waals surface area contributed by atoms with Gasteiger partial charge in [-0.05, 0) is 37.6 Å². The number of hydrogen-bond acceptors (Lipinski definition) is 5. The minimum atomic E-state index is -0.232. The first-order valence-electron chi connectivity index (χ1n) is 6.33. The van der Waals surface area contributed by atoms with Crippen LogP contribution in [0.25, 0.3) is 10.2 Å². The van der Waals surface area contributed by atoms with Gasteiger partial charge in [0.15, 0.2) is 10.9 Å². The van der Waals surface area contributed by atoms with Gasteiger partial charge in [-0.3, -0.25) is 14.9 Å². The van der Waals surface area contributed by atoms with Crippen molar-refractivity contribution in [3.63, 3.8) is 0 Å². The number of nitrogens with zero attached hydrogens (tertiary/aromatic N) is 1. The Labute approximate surface area is 129 Å². The topological polar surface area (TPSA) is 59.1 Å². The van der Waals surface area contributed by atoms with Crippen molar-refractivity contribution in [3.05, 3.63) is 45.6 Å². The molecule has 21 heavy (non-hydrogen) atoms. The van der Waals surface area contributed by atoms with Crippen molar-refractivity contribution >= 4 is 49.7 Å². The predicted molar refractivity (Wildman–Crippen MR) is 86.6 cm³/mol. The number of nitrogens with one attached hydrogen (secondary N) is 1. The second-order valence-corrected chi connectivity index (χ2v) is 6.73. The van der Waals surface area contributed by atoms with Crippen LogP contribution in [-0.2, 0) is 0 Å². The van der Waals surface area contributed by atoms with Gasteiger partial charge in [-0.2, -0.15) is 0 Å². The lowest BCUT2D eigenvalue weighted by molar-refractivity contribution is 0.101. The Kier molecular flexibility index (Phi) is 3.57. The number of thiazole rings is 1. The van der Waals surface area contributed by atoms with E-state index < -0.39 is 0 Å². The third-order valence-corrected chi connectivity index (χ3v) is 5.14. The fraction of sp³-hybridized carbons (Fsp3) is 0.133. The quantitative estimate of drug-likeness (QED) is 0.739. The molecule has 0 aliphatic rings. The molecule has 2 heterocycles. The Morgan fingerprint density at radius 3 is 2.52 bits per heavy atom. The van der Waals surface area contributed by atoms with Gasteiger partial charge in [-0.25, -0.2) is 4.98 Å². The number of ketones is 1. The molecule has 2 aromatic heterocycles. The zero-order valence-electron chi connectivity index (χ0n) is 11.5. The van der Waals surface area contributed by atoms with Gasteiger partial charge in [0.05, 0.1) is 20.0 Å².